The van der Waals surface area contributed by atoms with Crippen molar-refractivity contribution < 1.29 is 18.3 Å². The molecule has 3 aromatic carbocycles. The number of amides is 1. The summed E-state index contributed by atoms with van der Waals surface area (Å²) in [6.07, 6.45) is -1.68. The molecular formula is C19H14ClNO4S. The number of carbonyl (C=O) groups is 1. The maximum atomic E-state index is 12.1. The molecule has 0 radical (unpaired) electrons. The number of rotatable bonds is 4. The minimum atomic E-state index is -4.57. The molecule has 0 heterocycles. The second kappa shape index (κ2) is 7.19. The van der Waals surface area contributed by atoms with Crippen molar-refractivity contribution in [2.75, 3.05) is 4.31 Å². The number of benzene rings is 3. The van der Waals surface area contributed by atoms with E-state index in [1.165, 1.54) is 0 Å². The van der Waals surface area contributed by atoms with Crippen LogP contribution in [-0.4, -0.2) is 19.6 Å². The third kappa shape index (κ3) is 3.56. The van der Waals surface area contributed by atoms with Crippen LogP contribution < -0.4 is 4.31 Å². The average Bonchev–Trinajstić information content (AvgIpc) is 2.62. The number of hydrogen-bond donors (Lipinski definition) is 1. The fourth-order valence-corrected chi connectivity index (χ4v) is 3.75. The summed E-state index contributed by atoms with van der Waals surface area (Å²) in [7, 11) is 0.893. The highest BCUT2D eigenvalue weighted by atomic mass is 35.7. The molecule has 0 saturated carbocycles. The van der Waals surface area contributed by atoms with Gasteiger partial charge in [0, 0.05) is 21.8 Å². The summed E-state index contributed by atoms with van der Waals surface area (Å²) in [4.78, 5) is 11.8. The van der Waals surface area contributed by atoms with Crippen molar-refractivity contribution in [2.45, 2.75) is 0 Å². The van der Waals surface area contributed by atoms with Gasteiger partial charge >= 0.3 is 15.3 Å². The second-order valence-corrected chi connectivity index (χ2v) is 7.78. The van der Waals surface area contributed by atoms with Crippen LogP contribution >= 0.6 is 10.7 Å². The monoisotopic (exact) mass is 387 g/mol. The summed E-state index contributed by atoms with van der Waals surface area (Å²) < 4.78 is 24.3. The van der Waals surface area contributed by atoms with Crippen LogP contribution in [0.15, 0.2) is 78.9 Å². The summed E-state index contributed by atoms with van der Waals surface area (Å²) in [5, 5.41) is 9.57. The molecule has 0 aliphatic rings. The highest BCUT2D eigenvalue weighted by molar-refractivity contribution is 8.15. The van der Waals surface area contributed by atoms with Crippen molar-refractivity contribution in [3.8, 4) is 22.3 Å². The first-order chi connectivity index (χ1) is 12.4. The van der Waals surface area contributed by atoms with Crippen molar-refractivity contribution in [1.82, 2.24) is 0 Å². The number of carboxylic acid groups (broad SMARTS) is 1. The Hall–Kier alpha value is -2.83. The van der Waals surface area contributed by atoms with Crippen LogP contribution in [0.25, 0.3) is 22.3 Å². The molecule has 5 nitrogen and oxygen atoms in total. The van der Waals surface area contributed by atoms with Gasteiger partial charge in [-0.2, -0.15) is 12.7 Å². The second-order valence-electron chi connectivity index (χ2n) is 5.42. The Bertz CT molecular complexity index is 980. The van der Waals surface area contributed by atoms with Gasteiger partial charge in [0.25, 0.3) is 0 Å². The van der Waals surface area contributed by atoms with Crippen LogP contribution in [0.1, 0.15) is 0 Å². The maximum Gasteiger partial charge on any atom is 0.426 e. The van der Waals surface area contributed by atoms with E-state index in [1.807, 2.05) is 12.1 Å². The molecule has 132 valence electrons. The predicted octanol–water partition coefficient (Wildman–Crippen LogP) is 4.99. The Morgan fingerprint density at radius 1 is 0.769 bits per heavy atom. The van der Waals surface area contributed by atoms with Crippen molar-refractivity contribution in [3.05, 3.63) is 78.9 Å². The van der Waals surface area contributed by atoms with Gasteiger partial charge in [0.15, 0.2) is 0 Å². The van der Waals surface area contributed by atoms with Crippen LogP contribution in [0.2, 0.25) is 0 Å². The van der Waals surface area contributed by atoms with Gasteiger partial charge in [-0.3, -0.25) is 0 Å². The predicted molar refractivity (Wildman–Crippen MR) is 103 cm³/mol. The molecule has 0 spiro atoms. The Kier molecular flexibility index (Phi) is 4.97. The molecular weight excluding hydrogens is 374 g/mol. The van der Waals surface area contributed by atoms with Gasteiger partial charge in [-0.05, 0) is 11.1 Å². The Labute approximate surface area is 155 Å². The number of para-hydroxylation sites is 1. The Balaban J connectivity index is 2.39. The molecule has 1 amide bonds. The average molecular weight is 388 g/mol. The first kappa shape index (κ1) is 18.0. The smallest absolute Gasteiger partial charge is 0.426 e. The summed E-state index contributed by atoms with van der Waals surface area (Å²) in [5.41, 5.74) is 2.23. The lowest BCUT2D eigenvalue weighted by Crippen LogP contribution is -2.33. The minimum absolute atomic E-state index is 0.00704. The maximum absolute atomic E-state index is 12.1. The van der Waals surface area contributed by atoms with Gasteiger partial charge in [0.2, 0.25) is 0 Å². The molecule has 0 saturated heterocycles. The molecule has 0 fully saturated rings. The summed E-state index contributed by atoms with van der Waals surface area (Å²) in [5.74, 6) is 0. The number of nitrogens with zero attached hydrogens (tertiary/aromatic N) is 1. The van der Waals surface area contributed by atoms with E-state index in [2.05, 4.69) is 0 Å². The van der Waals surface area contributed by atoms with Gasteiger partial charge in [-0.1, -0.05) is 78.9 Å². The van der Waals surface area contributed by atoms with E-state index in [1.54, 1.807) is 66.7 Å². The molecule has 0 aliphatic heterocycles. The van der Waals surface area contributed by atoms with Crippen LogP contribution in [-0.2, 0) is 9.24 Å². The third-order valence-corrected chi connectivity index (χ3v) is 4.99. The molecule has 0 unspecified atom stereocenters. The first-order valence-corrected chi connectivity index (χ1v) is 9.88. The zero-order chi connectivity index (χ0) is 18.7. The topological polar surface area (TPSA) is 74.7 Å². The SMILES string of the molecule is O=C(O)N(c1c(-c2ccccc2)cccc1-c1ccccc1)S(=O)(=O)Cl. The van der Waals surface area contributed by atoms with E-state index in [0.29, 0.717) is 22.3 Å². The lowest BCUT2D eigenvalue weighted by atomic mass is 9.96. The van der Waals surface area contributed by atoms with Gasteiger partial charge in [-0.25, -0.2) is 4.79 Å². The van der Waals surface area contributed by atoms with E-state index in [0.717, 1.165) is 0 Å². The molecule has 3 aromatic rings. The molecule has 0 bridgehead atoms. The van der Waals surface area contributed by atoms with Gasteiger partial charge < -0.3 is 5.11 Å². The Morgan fingerprint density at radius 2 is 1.19 bits per heavy atom. The highest BCUT2D eigenvalue weighted by Gasteiger charge is 2.32. The van der Waals surface area contributed by atoms with Crippen molar-refractivity contribution in [3.63, 3.8) is 0 Å². The molecule has 0 aliphatic carbocycles. The van der Waals surface area contributed by atoms with Crippen LogP contribution in [0, 0.1) is 0 Å². The normalized spacial score (nSPS) is 11.1. The van der Waals surface area contributed by atoms with Crippen LogP contribution in [0.4, 0.5) is 10.5 Å². The molecule has 0 atom stereocenters. The van der Waals surface area contributed by atoms with Crippen molar-refractivity contribution in [1.29, 1.82) is 0 Å². The molecule has 3 rings (SSSR count). The lowest BCUT2D eigenvalue weighted by Gasteiger charge is -2.22. The van der Waals surface area contributed by atoms with Crippen molar-refractivity contribution in [2.24, 2.45) is 0 Å². The number of hydrogen-bond acceptors (Lipinski definition) is 3. The number of anilines is 1. The summed E-state index contributed by atoms with van der Waals surface area (Å²) in [6.45, 7) is 0. The number of halogens is 1. The fourth-order valence-electron chi connectivity index (χ4n) is 2.76. The third-order valence-electron chi connectivity index (χ3n) is 3.80. The summed E-state index contributed by atoms with van der Waals surface area (Å²) in [6, 6.07) is 22.9. The lowest BCUT2D eigenvalue weighted by molar-refractivity contribution is 0.206. The van der Waals surface area contributed by atoms with Gasteiger partial charge in [0.05, 0.1) is 5.69 Å². The van der Waals surface area contributed by atoms with Crippen LogP contribution in [0.3, 0.4) is 0 Å². The van der Waals surface area contributed by atoms with E-state index in [9.17, 15) is 18.3 Å². The molecule has 26 heavy (non-hydrogen) atoms. The minimum Gasteiger partial charge on any atom is -0.464 e. The van der Waals surface area contributed by atoms with Crippen molar-refractivity contribution >= 4 is 31.7 Å². The zero-order valence-corrected chi connectivity index (χ0v) is 15.0. The highest BCUT2D eigenvalue weighted by Crippen LogP contribution is 2.41. The van der Waals surface area contributed by atoms with E-state index in [-0.39, 0.29) is 9.99 Å². The largest absolute Gasteiger partial charge is 0.464 e. The Morgan fingerprint density at radius 3 is 1.54 bits per heavy atom. The van der Waals surface area contributed by atoms with Gasteiger partial charge in [-0.15, -0.1) is 0 Å². The zero-order valence-electron chi connectivity index (χ0n) is 13.4. The molecule has 7 heteroatoms. The molecule has 0 aromatic heterocycles. The fraction of sp³-hybridized carbons (Fsp3) is 0. The van der Waals surface area contributed by atoms with Crippen LogP contribution in [0.5, 0.6) is 0 Å². The quantitative estimate of drug-likeness (QED) is 0.640. The summed E-state index contributed by atoms with van der Waals surface area (Å²) >= 11 is 0. The standard InChI is InChI=1S/C19H14ClNO4S/c20-26(24,25)21(19(22)23)18-16(14-8-3-1-4-9-14)12-7-13-17(18)15-10-5-2-6-11-15/h1-13H,(H,22,23). The van der Waals surface area contributed by atoms with E-state index >= 15 is 0 Å². The van der Waals surface area contributed by atoms with E-state index in [4.69, 9.17) is 10.7 Å². The first-order valence-electron chi connectivity index (χ1n) is 7.61. The molecule has 1 N–H and O–H groups in total. The van der Waals surface area contributed by atoms with Gasteiger partial charge in [0.1, 0.15) is 0 Å². The van der Waals surface area contributed by atoms with E-state index < -0.39 is 15.3 Å².